The molecule has 1 unspecified atom stereocenters. The van der Waals surface area contributed by atoms with Crippen LogP contribution in [0.2, 0.25) is 5.02 Å². The van der Waals surface area contributed by atoms with E-state index in [4.69, 9.17) is 16.6 Å². The van der Waals surface area contributed by atoms with E-state index in [0.717, 1.165) is 42.2 Å². The summed E-state index contributed by atoms with van der Waals surface area (Å²) in [6, 6.07) is 18.9. The molecule has 1 saturated carbocycles. The van der Waals surface area contributed by atoms with Crippen LogP contribution in [0.15, 0.2) is 82.7 Å². The summed E-state index contributed by atoms with van der Waals surface area (Å²) in [5, 5.41) is 1.75. The Morgan fingerprint density at radius 3 is 2.64 bits per heavy atom. The van der Waals surface area contributed by atoms with Gasteiger partial charge in [0.05, 0.1) is 21.8 Å². The molecule has 5 nitrogen and oxygen atoms in total. The summed E-state index contributed by atoms with van der Waals surface area (Å²) < 4.78 is 14.2. The van der Waals surface area contributed by atoms with Crippen molar-refractivity contribution in [2.45, 2.75) is 30.6 Å². The van der Waals surface area contributed by atoms with Crippen LogP contribution in [0.3, 0.4) is 0 Å². The van der Waals surface area contributed by atoms with Crippen molar-refractivity contribution in [2.24, 2.45) is 5.92 Å². The van der Waals surface area contributed by atoms with Crippen LogP contribution in [0.4, 0.5) is 0 Å². The quantitative estimate of drug-likeness (QED) is 0.263. The van der Waals surface area contributed by atoms with Gasteiger partial charge >= 0.3 is 0 Å². The number of hydrogen-bond acceptors (Lipinski definition) is 4. The third-order valence-electron chi connectivity index (χ3n) is 6.94. The van der Waals surface area contributed by atoms with Gasteiger partial charge in [-0.15, -0.1) is 0 Å². The Hall–Kier alpha value is -3.19. The van der Waals surface area contributed by atoms with E-state index < -0.39 is 11.2 Å². The second-order valence-corrected chi connectivity index (χ2v) is 11.1. The van der Waals surface area contributed by atoms with Crippen molar-refractivity contribution in [2.75, 3.05) is 5.75 Å². The highest BCUT2D eigenvalue weighted by molar-refractivity contribution is 7.91. The maximum Gasteiger partial charge on any atom is 0.196 e. The zero-order chi connectivity index (χ0) is 24.6. The lowest BCUT2D eigenvalue weighted by Crippen LogP contribution is -2.19. The number of H-pyrrole nitrogens is 1. The van der Waals surface area contributed by atoms with Crippen molar-refractivity contribution in [1.82, 2.24) is 15.0 Å². The molecule has 6 rings (SSSR count). The fourth-order valence-corrected chi connectivity index (χ4v) is 7.31. The van der Waals surface area contributed by atoms with E-state index in [-0.39, 0.29) is 5.43 Å². The van der Waals surface area contributed by atoms with Gasteiger partial charge in [0.15, 0.2) is 10.3 Å². The maximum absolute atomic E-state index is 14.2. The number of aromatic nitrogens is 3. The minimum absolute atomic E-state index is 0.194. The van der Waals surface area contributed by atoms with Crippen LogP contribution in [-0.4, -0.2) is 25.3 Å². The van der Waals surface area contributed by atoms with Crippen LogP contribution in [0, 0.1) is 5.92 Å². The second kappa shape index (κ2) is 9.69. The predicted octanol–water partition coefficient (Wildman–Crippen LogP) is 6.76. The summed E-state index contributed by atoms with van der Waals surface area (Å²) in [6.07, 6.45) is 7.76. The standard InChI is InChI=1S/C29H24ClN3O2S/c30-22-16-21(15-20-11-6-13-31-26(20)22)24-27(19-9-2-1-3-10-19)33-29-25(23(34)12-14-32-29)28(24)36(35)17-18-7-4-5-8-18/h1-3,6,9-16,18H,4-5,7-8,17H2,(H,32,33,34). The van der Waals surface area contributed by atoms with Crippen LogP contribution in [-0.2, 0) is 11.2 Å². The first kappa shape index (κ1) is 23.2. The fraction of sp³-hybridized carbons (Fsp3) is 0.207. The first-order valence-corrected chi connectivity index (χ1v) is 13.8. The predicted molar refractivity (Wildman–Crippen MR) is 147 cm³/mol. The van der Waals surface area contributed by atoms with E-state index in [0.29, 0.717) is 49.4 Å². The van der Waals surface area contributed by atoms with Crippen molar-refractivity contribution < 1.29 is 4.55 Å². The summed E-state index contributed by atoms with van der Waals surface area (Å²) in [5.41, 5.74) is 3.94. The van der Waals surface area contributed by atoms with Gasteiger partial charge in [0.1, 0.15) is 16.8 Å². The molecule has 2 aromatic carbocycles. The number of halogens is 1. The number of aromatic amines is 1. The highest BCUT2D eigenvalue weighted by Crippen LogP contribution is 2.42. The Bertz CT molecular complexity index is 1630. The van der Waals surface area contributed by atoms with Crippen molar-refractivity contribution >= 4 is 44.7 Å². The van der Waals surface area contributed by atoms with E-state index in [1.807, 2.05) is 54.6 Å². The van der Waals surface area contributed by atoms with Gasteiger partial charge in [-0.3, -0.25) is 9.78 Å². The monoisotopic (exact) mass is 513 g/mol. The van der Waals surface area contributed by atoms with Gasteiger partial charge in [-0.05, 0) is 47.8 Å². The smallest absolute Gasteiger partial charge is 0.196 e. The molecule has 1 atom stereocenters. The Kier molecular flexibility index (Phi) is 6.25. The van der Waals surface area contributed by atoms with E-state index >= 15 is 0 Å². The molecule has 3 aromatic heterocycles. The number of fused-ring (bicyclic) bond motifs is 2. The molecule has 1 aliphatic carbocycles. The zero-order valence-electron chi connectivity index (χ0n) is 19.5. The average molecular weight is 514 g/mol. The molecule has 1 fully saturated rings. The van der Waals surface area contributed by atoms with Crippen molar-refractivity contribution in [3.8, 4) is 22.4 Å². The lowest BCUT2D eigenvalue weighted by atomic mass is 9.96. The molecule has 36 heavy (non-hydrogen) atoms. The number of hydrogen-bond donors (Lipinski definition) is 1. The van der Waals surface area contributed by atoms with Gasteiger partial charge in [0, 0.05) is 35.3 Å². The van der Waals surface area contributed by atoms with Crippen molar-refractivity contribution in [3.63, 3.8) is 0 Å². The van der Waals surface area contributed by atoms with Crippen LogP contribution < -0.4 is 5.43 Å². The minimum Gasteiger partial charge on any atom is -0.611 e. The van der Waals surface area contributed by atoms with Gasteiger partial charge in [0.2, 0.25) is 0 Å². The third-order valence-corrected chi connectivity index (χ3v) is 8.86. The lowest BCUT2D eigenvalue weighted by Gasteiger charge is -2.21. The number of nitrogens with zero attached hydrogens (tertiary/aromatic N) is 2. The molecule has 0 saturated heterocycles. The highest BCUT2D eigenvalue weighted by Gasteiger charge is 2.31. The fourth-order valence-electron chi connectivity index (χ4n) is 5.24. The Labute approximate surface area is 216 Å². The molecule has 0 bridgehead atoms. The number of benzene rings is 2. The number of rotatable bonds is 5. The molecule has 180 valence electrons. The van der Waals surface area contributed by atoms with E-state index in [9.17, 15) is 9.35 Å². The largest absolute Gasteiger partial charge is 0.611 e. The van der Waals surface area contributed by atoms with Gasteiger partial charge in [-0.25, -0.2) is 4.98 Å². The Morgan fingerprint density at radius 2 is 1.83 bits per heavy atom. The SMILES string of the molecule is O=c1cc[nH]c2nc(-c3ccccc3)c(-c3cc(Cl)c4ncccc4c3)c([S+]([O-])CC3CCCC3)c12. The second-order valence-electron chi connectivity index (χ2n) is 9.29. The molecule has 0 amide bonds. The van der Waals surface area contributed by atoms with Gasteiger partial charge < -0.3 is 9.54 Å². The molecular formula is C29H24ClN3O2S. The molecule has 5 aromatic rings. The van der Waals surface area contributed by atoms with Crippen molar-refractivity contribution in [1.29, 1.82) is 0 Å². The van der Waals surface area contributed by atoms with Gasteiger partial charge in [0.25, 0.3) is 0 Å². The van der Waals surface area contributed by atoms with Gasteiger partial charge in [-0.1, -0.05) is 60.8 Å². The topological polar surface area (TPSA) is 81.7 Å². The molecule has 0 radical (unpaired) electrons. The first-order chi connectivity index (χ1) is 17.6. The molecule has 0 aliphatic heterocycles. The van der Waals surface area contributed by atoms with Crippen molar-refractivity contribution in [3.05, 3.63) is 88.3 Å². The summed E-state index contributed by atoms with van der Waals surface area (Å²) >= 11 is 5.29. The molecule has 0 spiro atoms. The Morgan fingerprint density at radius 1 is 1.03 bits per heavy atom. The van der Waals surface area contributed by atoms with Gasteiger partial charge in [-0.2, -0.15) is 0 Å². The molecule has 1 N–H and O–H groups in total. The van der Waals surface area contributed by atoms with Crippen LogP contribution in [0.5, 0.6) is 0 Å². The summed E-state index contributed by atoms with van der Waals surface area (Å²) in [4.78, 5) is 26.2. The average Bonchev–Trinajstić information content (AvgIpc) is 3.41. The molecule has 7 heteroatoms. The minimum atomic E-state index is -1.41. The lowest BCUT2D eigenvalue weighted by molar-refractivity contribution is 0.559. The summed E-state index contributed by atoms with van der Waals surface area (Å²) in [6.45, 7) is 0. The van der Waals surface area contributed by atoms with Crippen LogP contribution in [0.1, 0.15) is 25.7 Å². The van der Waals surface area contributed by atoms with E-state index in [1.54, 1.807) is 12.4 Å². The highest BCUT2D eigenvalue weighted by atomic mass is 35.5. The normalized spacial score (nSPS) is 15.1. The first-order valence-electron chi connectivity index (χ1n) is 12.1. The van der Waals surface area contributed by atoms with E-state index in [1.165, 1.54) is 6.07 Å². The van der Waals surface area contributed by atoms with E-state index in [2.05, 4.69) is 9.97 Å². The van der Waals surface area contributed by atoms with Crippen LogP contribution in [0.25, 0.3) is 44.3 Å². The number of nitrogens with one attached hydrogen (secondary N) is 1. The zero-order valence-corrected chi connectivity index (χ0v) is 21.1. The van der Waals surface area contributed by atoms with Crippen LogP contribution >= 0.6 is 11.6 Å². The third kappa shape index (κ3) is 4.19. The molecule has 3 heterocycles. The summed E-state index contributed by atoms with van der Waals surface area (Å²) in [5.74, 6) is 0.909. The molecule has 1 aliphatic rings. The number of pyridine rings is 3. The molecular weight excluding hydrogens is 490 g/mol. The summed E-state index contributed by atoms with van der Waals surface area (Å²) in [7, 11) is 0. The Balaban J connectivity index is 1.71. The maximum atomic E-state index is 14.2.